The smallest absolute Gasteiger partial charge is 0.0242 e. The van der Waals surface area contributed by atoms with Crippen molar-refractivity contribution < 1.29 is 0 Å². The number of terminal acetylenes is 1. The summed E-state index contributed by atoms with van der Waals surface area (Å²) in [6.07, 6.45) is 7.76. The maximum Gasteiger partial charge on any atom is 0.0242 e. The fraction of sp³-hybridized carbons (Fsp3) is 0.385. The molecule has 13 heavy (non-hydrogen) atoms. The molecule has 1 atom stereocenters. The van der Waals surface area contributed by atoms with E-state index in [1.807, 2.05) is 12.1 Å². The molecule has 0 aliphatic heterocycles. The van der Waals surface area contributed by atoms with Gasteiger partial charge in [-0.25, -0.2) is 0 Å². The molecule has 0 spiro atoms. The van der Waals surface area contributed by atoms with E-state index in [9.17, 15) is 0 Å². The van der Waals surface area contributed by atoms with Crippen molar-refractivity contribution in [3.8, 4) is 12.3 Å². The quantitative estimate of drug-likeness (QED) is 0.611. The van der Waals surface area contributed by atoms with Crippen LogP contribution in [0.2, 0.25) is 0 Å². The van der Waals surface area contributed by atoms with E-state index >= 15 is 0 Å². The molecule has 0 heterocycles. The van der Waals surface area contributed by atoms with Gasteiger partial charge in [0.05, 0.1) is 0 Å². The molecular formula is C13H16. The zero-order valence-corrected chi connectivity index (χ0v) is 8.38. The molecule has 0 aliphatic carbocycles. The van der Waals surface area contributed by atoms with Gasteiger partial charge in [-0.3, -0.25) is 0 Å². The van der Waals surface area contributed by atoms with Crippen LogP contribution in [-0.2, 0) is 0 Å². The minimum atomic E-state index is 0.650. The molecule has 0 N–H and O–H groups in total. The monoisotopic (exact) mass is 172 g/mol. The van der Waals surface area contributed by atoms with Crippen LogP contribution in [0.15, 0.2) is 24.3 Å². The Hall–Kier alpha value is -1.22. The number of benzene rings is 1. The highest BCUT2D eigenvalue weighted by atomic mass is 14.1. The van der Waals surface area contributed by atoms with E-state index in [2.05, 4.69) is 31.9 Å². The summed E-state index contributed by atoms with van der Waals surface area (Å²) >= 11 is 0. The zero-order chi connectivity index (χ0) is 9.68. The molecule has 0 bridgehead atoms. The molecule has 1 unspecified atom stereocenters. The van der Waals surface area contributed by atoms with Gasteiger partial charge in [-0.15, -0.1) is 6.42 Å². The Labute approximate surface area is 81.0 Å². The minimum absolute atomic E-state index is 0.650. The molecule has 0 amide bonds. The highest BCUT2D eigenvalue weighted by molar-refractivity contribution is 5.35. The first-order chi connectivity index (χ1) is 6.27. The van der Waals surface area contributed by atoms with Crippen LogP contribution in [0, 0.1) is 12.3 Å². The molecule has 0 fully saturated rings. The predicted molar refractivity (Wildman–Crippen MR) is 57.7 cm³/mol. The Balaban J connectivity index is 2.75. The van der Waals surface area contributed by atoms with Gasteiger partial charge in [0.1, 0.15) is 0 Å². The summed E-state index contributed by atoms with van der Waals surface area (Å²) in [6, 6.07) is 8.30. The van der Waals surface area contributed by atoms with Gasteiger partial charge in [-0.05, 0) is 30.0 Å². The van der Waals surface area contributed by atoms with Crippen molar-refractivity contribution in [2.24, 2.45) is 0 Å². The van der Waals surface area contributed by atoms with Gasteiger partial charge in [0.25, 0.3) is 0 Å². The van der Waals surface area contributed by atoms with Crippen LogP contribution in [0.3, 0.4) is 0 Å². The van der Waals surface area contributed by atoms with Gasteiger partial charge in [0.15, 0.2) is 0 Å². The molecule has 0 nitrogen and oxygen atoms in total. The Morgan fingerprint density at radius 2 is 1.92 bits per heavy atom. The lowest BCUT2D eigenvalue weighted by atomic mass is 9.96. The summed E-state index contributed by atoms with van der Waals surface area (Å²) < 4.78 is 0. The van der Waals surface area contributed by atoms with Gasteiger partial charge in [0.2, 0.25) is 0 Å². The van der Waals surface area contributed by atoms with Crippen molar-refractivity contribution in [1.82, 2.24) is 0 Å². The van der Waals surface area contributed by atoms with Crippen molar-refractivity contribution in [2.45, 2.75) is 32.6 Å². The molecule has 0 saturated carbocycles. The van der Waals surface area contributed by atoms with Crippen molar-refractivity contribution >= 4 is 0 Å². The Morgan fingerprint density at radius 1 is 1.31 bits per heavy atom. The highest BCUT2D eigenvalue weighted by Gasteiger charge is 2.02. The largest absolute Gasteiger partial charge is 0.115 e. The fourth-order valence-electron chi connectivity index (χ4n) is 1.51. The van der Waals surface area contributed by atoms with E-state index < -0.39 is 0 Å². The summed E-state index contributed by atoms with van der Waals surface area (Å²) in [7, 11) is 0. The second-order valence-corrected chi connectivity index (χ2v) is 3.46. The summed E-state index contributed by atoms with van der Waals surface area (Å²) in [5.74, 6) is 3.27. The van der Waals surface area contributed by atoms with Gasteiger partial charge in [0, 0.05) is 5.56 Å². The van der Waals surface area contributed by atoms with E-state index in [0.717, 1.165) is 5.56 Å². The van der Waals surface area contributed by atoms with Crippen LogP contribution >= 0.6 is 0 Å². The average molecular weight is 172 g/mol. The number of rotatable bonds is 3. The van der Waals surface area contributed by atoms with Gasteiger partial charge in [-0.1, -0.05) is 38.3 Å². The van der Waals surface area contributed by atoms with Crippen LogP contribution in [0.1, 0.15) is 43.7 Å². The molecular weight excluding hydrogens is 156 g/mol. The SMILES string of the molecule is C#Cc1ccc(C(C)CCC)cc1. The molecule has 68 valence electrons. The first-order valence-corrected chi connectivity index (χ1v) is 4.84. The predicted octanol–water partition coefficient (Wildman–Crippen LogP) is 3.57. The topological polar surface area (TPSA) is 0 Å². The molecule has 1 rings (SSSR count). The third-order valence-corrected chi connectivity index (χ3v) is 2.37. The van der Waals surface area contributed by atoms with E-state index in [1.54, 1.807) is 0 Å². The van der Waals surface area contributed by atoms with E-state index in [-0.39, 0.29) is 0 Å². The Kier molecular flexibility index (Phi) is 3.58. The Morgan fingerprint density at radius 3 is 2.38 bits per heavy atom. The van der Waals surface area contributed by atoms with E-state index in [1.165, 1.54) is 18.4 Å². The third-order valence-electron chi connectivity index (χ3n) is 2.37. The second kappa shape index (κ2) is 4.72. The van der Waals surface area contributed by atoms with Gasteiger partial charge in [-0.2, -0.15) is 0 Å². The van der Waals surface area contributed by atoms with E-state index in [4.69, 9.17) is 6.42 Å². The standard InChI is InChI=1S/C13H16/c1-4-6-11(3)13-9-7-12(5-2)8-10-13/h2,7-11H,4,6H2,1,3H3. The van der Waals surface area contributed by atoms with Crippen molar-refractivity contribution in [3.63, 3.8) is 0 Å². The van der Waals surface area contributed by atoms with Crippen molar-refractivity contribution in [2.75, 3.05) is 0 Å². The minimum Gasteiger partial charge on any atom is -0.115 e. The van der Waals surface area contributed by atoms with Gasteiger partial charge < -0.3 is 0 Å². The second-order valence-electron chi connectivity index (χ2n) is 3.46. The summed E-state index contributed by atoms with van der Waals surface area (Å²) in [6.45, 7) is 4.47. The summed E-state index contributed by atoms with van der Waals surface area (Å²) in [5.41, 5.74) is 2.35. The molecule has 0 aromatic heterocycles. The first kappa shape index (κ1) is 9.86. The molecule has 0 heteroatoms. The highest BCUT2D eigenvalue weighted by Crippen LogP contribution is 2.20. The van der Waals surface area contributed by atoms with E-state index in [0.29, 0.717) is 5.92 Å². The lowest BCUT2D eigenvalue weighted by Crippen LogP contribution is -1.92. The van der Waals surface area contributed by atoms with Crippen LogP contribution in [-0.4, -0.2) is 0 Å². The van der Waals surface area contributed by atoms with Crippen molar-refractivity contribution in [1.29, 1.82) is 0 Å². The zero-order valence-electron chi connectivity index (χ0n) is 8.38. The third kappa shape index (κ3) is 2.63. The lowest BCUT2D eigenvalue weighted by molar-refractivity contribution is 0.665. The molecule has 0 saturated heterocycles. The Bertz CT molecular complexity index is 287. The summed E-state index contributed by atoms with van der Waals surface area (Å²) in [4.78, 5) is 0. The van der Waals surface area contributed by atoms with Crippen LogP contribution in [0.25, 0.3) is 0 Å². The molecule has 1 aromatic carbocycles. The van der Waals surface area contributed by atoms with Crippen LogP contribution in [0.4, 0.5) is 0 Å². The normalized spacial score (nSPS) is 12.1. The molecule has 0 radical (unpaired) electrons. The lowest BCUT2D eigenvalue weighted by Gasteiger charge is -2.09. The fourth-order valence-corrected chi connectivity index (χ4v) is 1.51. The van der Waals surface area contributed by atoms with Crippen molar-refractivity contribution in [3.05, 3.63) is 35.4 Å². The molecule has 1 aromatic rings. The van der Waals surface area contributed by atoms with Gasteiger partial charge >= 0.3 is 0 Å². The number of hydrogen-bond donors (Lipinski definition) is 0. The first-order valence-electron chi connectivity index (χ1n) is 4.84. The summed E-state index contributed by atoms with van der Waals surface area (Å²) in [5, 5.41) is 0. The number of hydrogen-bond acceptors (Lipinski definition) is 0. The molecule has 0 aliphatic rings. The maximum absolute atomic E-state index is 5.28. The van der Waals surface area contributed by atoms with Crippen LogP contribution in [0.5, 0.6) is 0 Å². The van der Waals surface area contributed by atoms with Crippen LogP contribution < -0.4 is 0 Å². The average Bonchev–Trinajstić information content (AvgIpc) is 2.18. The maximum atomic E-state index is 5.28.